The third-order valence-electron chi connectivity index (χ3n) is 3.83. The summed E-state index contributed by atoms with van der Waals surface area (Å²) in [6.45, 7) is 5.26. The van der Waals surface area contributed by atoms with Gasteiger partial charge in [-0.25, -0.2) is 4.98 Å². The maximum absolute atomic E-state index is 5.97. The van der Waals surface area contributed by atoms with E-state index in [0.717, 1.165) is 32.2 Å². The fourth-order valence-electron chi connectivity index (χ4n) is 2.70. The predicted octanol–water partition coefficient (Wildman–Crippen LogP) is 2.60. The second-order valence-electron chi connectivity index (χ2n) is 5.45. The molecule has 0 bridgehead atoms. The minimum absolute atomic E-state index is 0.488. The van der Waals surface area contributed by atoms with Gasteiger partial charge in [-0.05, 0) is 45.1 Å². The molecule has 0 unspecified atom stereocenters. The number of aromatic nitrogens is 2. The van der Waals surface area contributed by atoms with Gasteiger partial charge in [-0.15, -0.1) is 0 Å². The molecule has 1 aromatic rings. The Kier molecular flexibility index (Phi) is 6.37. The molecule has 1 aromatic heterocycles. The summed E-state index contributed by atoms with van der Waals surface area (Å²) < 4.78 is 8.08. The molecule has 0 saturated heterocycles. The van der Waals surface area contributed by atoms with Gasteiger partial charge in [-0.3, -0.25) is 0 Å². The molecule has 1 fully saturated rings. The van der Waals surface area contributed by atoms with Gasteiger partial charge in [0.05, 0.1) is 12.4 Å². The van der Waals surface area contributed by atoms with Gasteiger partial charge in [0, 0.05) is 31.6 Å². The van der Waals surface area contributed by atoms with Crippen LogP contribution in [0, 0.1) is 0 Å². The Balaban J connectivity index is 1.51. The predicted molar refractivity (Wildman–Crippen MR) is 77.1 cm³/mol. The monoisotopic (exact) mass is 265 g/mol. The van der Waals surface area contributed by atoms with E-state index in [9.17, 15) is 0 Å². The van der Waals surface area contributed by atoms with Crippen molar-refractivity contribution in [2.45, 2.75) is 64.1 Å². The van der Waals surface area contributed by atoms with E-state index in [4.69, 9.17) is 4.74 Å². The zero-order chi connectivity index (χ0) is 13.3. The third-order valence-corrected chi connectivity index (χ3v) is 3.83. The molecule has 4 nitrogen and oxygen atoms in total. The van der Waals surface area contributed by atoms with E-state index in [0.29, 0.717) is 6.10 Å². The van der Waals surface area contributed by atoms with Crippen LogP contribution >= 0.6 is 0 Å². The van der Waals surface area contributed by atoms with Crippen LogP contribution in [0.3, 0.4) is 0 Å². The highest BCUT2D eigenvalue weighted by Gasteiger charge is 2.20. The van der Waals surface area contributed by atoms with Crippen LogP contribution in [0.1, 0.15) is 45.4 Å². The van der Waals surface area contributed by atoms with E-state index >= 15 is 0 Å². The van der Waals surface area contributed by atoms with Crippen LogP contribution < -0.4 is 5.32 Å². The van der Waals surface area contributed by atoms with Crippen LogP contribution in [0.25, 0.3) is 0 Å². The molecule has 1 aliphatic carbocycles. The number of rotatable bonds is 8. The zero-order valence-corrected chi connectivity index (χ0v) is 12.1. The van der Waals surface area contributed by atoms with Crippen LogP contribution in [0.15, 0.2) is 18.7 Å². The van der Waals surface area contributed by atoms with Crippen LogP contribution in [0.4, 0.5) is 0 Å². The van der Waals surface area contributed by atoms with Crippen molar-refractivity contribution in [3.8, 4) is 0 Å². The molecule has 0 aliphatic heterocycles. The van der Waals surface area contributed by atoms with Crippen molar-refractivity contribution >= 4 is 0 Å². The first-order chi connectivity index (χ1) is 9.38. The first kappa shape index (κ1) is 14.5. The van der Waals surface area contributed by atoms with Crippen LogP contribution in [0.5, 0.6) is 0 Å². The van der Waals surface area contributed by atoms with Gasteiger partial charge >= 0.3 is 0 Å². The Hall–Kier alpha value is -0.870. The lowest BCUT2D eigenvalue weighted by atomic mass is 9.93. The molecule has 2 rings (SSSR count). The lowest BCUT2D eigenvalue weighted by Crippen LogP contribution is -2.35. The molecule has 0 amide bonds. The van der Waals surface area contributed by atoms with Gasteiger partial charge in [-0.2, -0.15) is 0 Å². The van der Waals surface area contributed by atoms with E-state index in [1.54, 1.807) is 0 Å². The van der Waals surface area contributed by atoms with Crippen molar-refractivity contribution in [3.05, 3.63) is 18.7 Å². The van der Waals surface area contributed by atoms with Gasteiger partial charge in [-0.1, -0.05) is 6.92 Å². The maximum Gasteiger partial charge on any atom is 0.0945 e. The van der Waals surface area contributed by atoms with E-state index in [1.165, 1.54) is 32.1 Å². The molecule has 19 heavy (non-hydrogen) atoms. The third kappa shape index (κ3) is 5.33. The summed E-state index contributed by atoms with van der Waals surface area (Å²) in [6.07, 6.45) is 13.5. The number of nitrogens with one attached hydrogen (secondary N) is 1. The molecule has 0 spiro atoms. The Morgan fingerprint density at radius 2 is 2.16 bits per heavy atom. The summed E-state index contributed by atoms with van der Waals surface area (Å²) in [5.41, 5.74) is 0. The number of aryl methyl sites for hydroxylation is 1. The number of nitrogens with zero attached hydrogens (tertiary/aromatic N) is 2. The molecule has 4 heteroatoms. The Bertz CT molecular complexity index is 318. The van der Waals surface area contributed by atoms with Crippen molar-refractivity contribution in [1.82, 2.24) is 14.9 Å². The minimum atomic E-state index is 0.488. The topological polar surface area (TPSA) is 39.1 Å². The number of imidazole rings is 1. The zero-order valence-electron chi connectivity index (χ0n) is 12.1. The molecule has 0 radical (unpaired) electrons. The average molecular weight is 265 g/mol. The Morgan fingerprint density at radius 3 is 2.84 bits per heavy atom. The highest BCUT2D eigenvalue weighted by atomic mass is 16.5. The number of hydrogen-bond donors (Lipinski definition) is 1. The standard InChI is InChI=1S/C15H27N3O/c1-2-8-17-14-4-6-15(7-5-14)19-12-3-10-18-11-9-16-13-18/h9,11,13-15,17H,2-8,10,12H2,1H3. The Morgan fingerprint density at radius 1 is 1.32 bits per heavy atom. The van der Waals surface area contributed by atoms with Crippen molar-refractivity contribution in [2.24, 2.45) is 0 Å². The summed E-state index contributed by atoms with van der Waals surface area (Å²) in [5.74, 6) is 0. The fraction of sp³-hybridized carbons (Fsp3) is 0.800. The molecule has 1 saturated carbocycles. The van der Waals surface area contributed by atoms with Gasteiger partial charge in [0.15, 0.2) is 0 Å². The van der Waals surface area contributed by atoms with E-state index < -0.39 is 0 Å². The molecular formula is C15H27N3O. The molecule has 1 N–H and O–H groups in total. The van der Waals surface area contributed by atoms with Crippen LogP contribution in [-0.2, 0) is 11.3 Å². The molecule has 108 valence electrons. The molecule has 1 aliphatic rings. The summed E-state index contributed by atoms with van der Waals surface area (Å²) in [6, 6.07) is 0.728. The van der Waals surface area contributed by atoms with Crippen molar-refractivity contribution in [2.75, 3.05) is 13.2 Å². The second-order valence-corrected chi connectivity index (χ2v) is 5.45. The largest absolute Gasteiger partial charge is 0.378 e. The van der Waals surface area contributed by atoms with Crippen LogP contribution in [0.2, 0.25) is 0 Å². The Labute approximate surface area is 116 Å². The molecule has 0 aromatic carbocycles. The quantitative estimate of drug-likeness (QED) is 0.734. The minimum Gasteiger partial charge on any atom is -0.378 e. The lowest BCUT2D eigenvalue weighted by Gasteiger charge is -2.29. The summed E-state index contributed by atoms with van der Waals surface area (Å²) in [7, 11) is 0. The van der Waals surface area contributed by atoms with E-state index in [-0.39, 0.29) is 0 Å². The highest BCUT2D eigenvalue weighted by Crippen LogP contribution is 2.21. The normalized spacial score (nSPS) is 23.6. The van der Waals surface area contributed by atoms with Gasteiger partial charge < -0.3 is 14.6 Å². The average Bonchev–Trinajstić information content (AvgIpc) is 2.96. The molecular weight excluding hydrogens is 238 g/mol. The van der Waals surface area contributed by atoms with E-state index in [2.05, 4.69) is 21.8 Å². The molecule has 0 atom stereocenters. The SMILES string of the molecule is CCCNC1CCC(OCCCn2ccnc2)CC1. The summed E-state index contributed by atoms with van der Waals surface area (Å²) in [4.78, 5) is 4.04. The first-order valence-electron chi connectivity index (χ1n) is 7.69. The summed E-state index contributed by atoms with van der Waals surface area (Å²) in [5, 5.41) is 3.61. The van der Waals surface area contributed by atoms with Crippen molar-refractivity contribution in [3.63, 3.8) is 0 Å². The summed E-state index contributed by atoms with van der Waals surface area (Å²) >= 11 is 0. The van der Waals surface area contributed by atoms with Gasteiger partial charge in [0.1, 0.15) is 0 Å². The highest BCUT2D eigenvalue weighted by molar-refractivity contribution is 4.77. The number of hydrogen-bond acceptors (Lipinski definition) is 3. The van der Waals surface area contributed by atoms with Gasteiger partial charge in [0.25, 0.3) is 0 Å². The van der Waals surface area contributed by atoms with E-state index in [1.807, 2.05) is 18.7 Å². The van der Waals surface area contributed by atoms with Crippen molar-refractivity contribution in [1.29, 1.82) is 0 Å². The second kappa shape index (κ2) is 8.33. The maximum atomic E-state index is 5.97. The lowest BCUT2D eigenvalue weighted by molar-refractivity contribution is 0.0199. The van der Waals surface area contributed by atoms with Crippen LogP contribution in [-0.4, -0.2) is 34.8 Å². The fourth-order valence-corrected chi connectivity index (χ4v) is 2.70. The first-order valence-corrected chi connectivity index (χ1v) is 7.69. The number of ether oxygens (including phenoxy) is 1. The smallest absolute Gasteiger partial charge is 0.0945 e. The van der Waals surface area contributed by atoms with Crippen molar-refractivity contribution < 1.29 is 4.74 Å². The van der Waals surface area contributed by atoms with Gasteiger partial charge in [0.2, 0.25) is 0 Å². The molecule has 1 heterocycles.